The Labute approximate surface area is 184 Å². The van der Waals surface area contributed by atoms with E-state index in [4.69, 9.17) is 4.74 Å². The molecule has 3 aliphatic carbocycles. The highest BCUT2D eigenvalue weighted by Crippen LogP contribution is 2.64. The van der Waals surface area contributed by atoms with Gasteiger partial charge in [-0.05, 0) is 23.3 Å². The monoisotopic (exact) mass is 425 g/mol. The maximum atomic E-state index is 13.9. The van der Waals surface area contributed by atoms with Gasteiger partial charge in [-0.2, -0.15) is 0 Å². The summed E-state index contributed by atoms with van der Waals surface area (Å²) in [6.07, 6.45) is 0. The number of esters is 1. The van der Waals surface area contributed by atoms with Gasteiger partial charge in [-0.15, -0.1) is 0 Å². The van der Waals surface area contributed by atoms with Crippen LogP contribution in [0.3, 0.4) is 0 Å². The molecule has 0 unspecified atom stereocenters. The van der Waals surface area contributed by atoms with Crippen molar-refractivity contribution in [2.45, 2.75) is 18.4 Å². The van der Waals surface area contributed by atoms with Gasteiger partial charge < -0.3 is 9.84 Å². The fraction of sp³-hybridized carbons (Fsp3) is 0.192. The molecule has 2 atom stereocenters. The molecule has 2 amide bonds. The van der Waals surface area contributed by atoms with Crippen LogP contribution in [0.25, 0.3) is 0 Å². The highest BCUT2D eigenvalue weighted by Gasteiger charge is 2.70. The van der Waals surface area contributed by atoms with Crippen molar-refractivity contribution in [3.05, 3.63) is 95.1 Å². The first-order chi connectivity index (χ1) is 15.5. The highest BCUT2D eigenvalue weighted by molar-refractivity contribution is 6.24. The first-order valence-electron chi connectivity index (χ1n) is 10.5. The zero-order valence-corrected chi connectivity index (χ0v) is 17.2. The second kappa shape index (κ2) is 6.29. The second-order valence-electron chi connectivity index (χ2n) is 8.49. The molecular weight excluding hydrogens is 406 g/mol. The molecule has 1 aliphatic heterocycles. The fourth-order valence-electron chi connectivity index (χ4n) is 5.99. The topological polar surface area (TPSA) is 83.9 Å². The normalized spacial score (nSPS) is 27.0. The Kier molecular flexibility index (Phi) is 3.70. The molecule has 4 aliphatic rings. The largest absolute Gasteiger partial charge is 0.506 e. The van der Waals surface area contributed by atoms with Crippen LogP contribution in [-0.4, -0.2) is 22.9 Å². The van der Waals surface area contributed by atoms with E-state index in [-0.39, 0.29) is 17.4 Å². The average molecular weight is 425 g/mol. The summed E-state index contributed by atoms with van der Waals surface area (Å²) < 4.78 is 6.06. The SMILES string of the molecule is CC(=O)OC12c3ccccc3C(c3ccccc31)[C@@H]1C(=O)N(c3ccccc3O)C(=O)[C@H]12. The standard InChI is InChI=1S/C26H19NO5/c1-14(28)32-26-17-10-4-2-8-15(17)21(16-9-3-5-11-18(16)26)22-23(26)25(31)27(24(22)30)19-12-6-7-13-20(19)29/h2-13,21-23,29H,1H3/t21?,22-,23-,26?/m0/s1. The maximum Gasteiger partial charge on any atom is 0.303 e. The van der Waals surface area contributed by atoms with Gasteiger partial charge in [0.1, 0.15) is 5.75 Å². The number of anilines is 1. The molecule has 158 valence electrons. The van der Waals surface area contributed by atoms with Crippen molar-refractivity contribution in [3.8, 4) is 5.75 Å². The number of phenols is 1. The van der Waals surface area contributed by atoms with Crippen LogP contribution in [0.15, 0.2) is 72.8 Å². The minimum Gasteiger partial charge on any atom is -0.506 e. The van der Waals surface area contributed by atoms with Crippen LogP contribution in [0.4, 0.5) is 5.69 Å². The molecule has 3 aromatic rings. The number of rotatable bonds is 2. The van der Waals surface area contributed by atoms with Gasteiger partial charge in [0.05, 0.1) is 17.5 Å². The van der Waals surface area contributed by atoms with Crippen molar-refractivity contribution < 1.29 is 24.2 Å². The number of para-hydroxylation sites is 2. The Bertz CT molecular complexity index is 1280. The minimum absolute atomic E-state index is 0.141. The summed E-state index contributed by atoms with van der Waals surface area (Å²) in [6.45, 7) is 1.32. The van der Waals surface area contributed by atoms with Gasteiger partial charge in [0.15, 0.2) is 5.60 Å². The van der Waals surface area contributed by atoms with Crippen LogP contribution >= 0.6 is 0 Å². The first-order valence-corrected chi connectivity index (χ1v) is 10.5. The molecule has 0 spiro atoms. The number of phenolic OH excluding ortho intramolecular Hbond substituents is 1. The quantitative estimate of drug-likeness (QED) is 0.502. The van der Waals surface area contributed by atoms with Crippen molar-refractivity contribution in [3.63, 3.8) is 0 Å². The summed E-state index contributed by atoms with van der Waals surface area (Å²) in [5, 5.41) is 10.4. The first kappa shape index (κ1) is 18.8. The zero-order chi connectivity index (χ0) is 22.2. The number of imide groups is 1. The van der Waals surface area contributed by atoms with Gasteiger partial charge in [-0.1, -0.05) is 60.7 Å². The van der Waals surface area contributed by atoms with E-state index >= 15 is 0 Å². The Hall–Kier alpha value is -3.93. The molecule has 32 heavy (non-hydrogen) atoms. The number of nitrogens with zero attached hydrogens (tertiary/aromatic N) is 1. The number of carbonyl (C=O) groups is 3. The summed E-state index contributed by atoms with van der Waals surface area (Å²) >= 11 is 0. The number of benzene rings is 3. The van der Waals surface area contributed by atoms with E-state index in [0.29, 0.717) is 0 Å². The summed E-state index contributed by atoms with van der Waals surface area (Å²) in [6, 6.07) is 21.4. The summed E-state index contributed by atoms with van der Waals surface area (Å²) in [7, 11) is 0. The van der Waals surface area contributed by atoms with Crippen molar-refractivity contribution in [2.75, 3.05) is 4.90 Å². The summed E-state index contributed by atoms with van der Waals surface area (Å²) in [4.78, 5) is 41.2. The third-order valence-corrected chi connectivity index (χ3v) is 6.97. The molecule has 1 fully saturated rings. The fourth-order valence-corrected chi connectivity index (χ4v) is 5.99. The predicted molar refractivity (Wildman–Crippen MR) is 115 cm³/mol. The molecule has 1 N–H and O–H groups in total. The Morgan fingerprint density at radius 1 is 0.875 bits per heavy atom. The van der Waals surface area contributed by atoms with Crippen LogP contribution in [-0.2, 0) is 24.7 Å². The molecule has 1 saturated heterocycles. The third-order valence-electron chi connectivity index (χ3n) is 6.97. The van der Waals surface area contributed by atoms with Crippen LogP contribution < -0.4 is 4.90 Å². The summed E-state index contributed by atoms with van der Waals surface area (Å²) in [5.41, 5.74) is 1.97. The number of hydrogen-bond donors (Lipinski definition) is 1. The van der Waals surface area contributed by atoms with E-state index in [1.807, 2.05) is 48.5 Å². The molecule has 0 saturated carbocycles. The molecule has 7 rings (SSSR count). The highest BCUT2D eigenvalue weighted by atomic mass is 16.6. The lowest BCUT2D eigenvalue weighted by Crippen LogP contribution is -2.55. The van der Waals surface area contributed by atoms with Crippen molar-refractivity contribution >= 4 is 23.5 Å². The van der Waals surface area contributed by atoms with Crippen molar-refractivity contribution in [1.29, 1.82) is 0 Å². The smallest absolute Gasteiger partial charge is 0.303 e. The molecule has 3 aromatic carbocycles. The van der Waals surface area contributed by atoms with Crippen LogP contribution in [0.1, 0.15) is 35.1 Å². The van der Waals surface area contributed by atoms with Crippen LogP contribution in [0.2, 0.25) is 0 Å². The molecule has 6 heteroatoms. The molecule has 0 radical (unpaired) electrons. The average Bonchev–Trinajstić information content (AvgIpc) is 3.05. The van der Waals surface area contributed by atoms with Crippen molar-refractivity contribution in [2.24, 2.45) is 11.8 Å². The van der Waals surface area contributed by atoms with Gasteiger partial charge in [-0.3, -0.25) is 14.4 Å². The Morgan fingerprint density at radius 3 is 2.03 bits per heavy atom. The van der Waals surface area contributed by atoms with Crippen molar-refractivity contribution in [1.82, 2.24) is 0 Å². The molecule has 1 heterocycles. The molecule has 2 bridgehead atoms. The van der Waals surface area contributed by atoms with E-state index in [0.717, 1.165) is 27.2 Å². The number of ether oxygens (including phenoxy) is 1. The van der Waals surface area contributed by atoms with Crippen LogP contribution in [0.5, 0.6) is 5.75 Å². The Balaban J connectivity index is 1.67. The van der Waals surface area contributed by atoms with E-state index in [9.17, 15) is 19.5 Å². The number of carbonyl (C=O) groups excluding carboxylic acids is 3. The third kappa shape index (κ3) is 2.11. The van der Waals surface area contributed by atoms with E-state index < -0.39 is 35.2 Å². The second-order valence-corrected chi connectivity index (χ2v) is 8.49. The number of hydrogen-bond acceptors (Lipinski definition) is 5. The molecular formula is C26H19NO5. The maximum absolute atomic E-state index is 13.9. The van der Waals surface area contributed by atoms with Gasteiger partial charge in [0, 0.05) is 24.0 Å². The number of amides is 2. The minimum atomic E-state index is -1.41. The molecule has 6 nitrogen and oxygen atoms in total. The van der Waals surface area contributed by atoms with Crippen LogP contribution in [0, 0.1) is 11.8 Å². The molecule has 0 aromatic heterocycles. The lowest BCUT2D eigenvalue weighted by Gasteiger charge is -2.52. The van der Waals surface area contributed by atoms with E-state index in [1.165, 1.54) is 13.0 Å². The van der Waals surface area contributed by atoms with Gasteiger partial charge in [0.2, 0.25) is 11.8 Å². The predicted octanol–water partition coefficient (Wildman–Crippen LogP) is 3.46. The Morgan fingerprint density at radius 2 is 1.44 bits per heavy atom. The zero-order valence-electron chi connectivity index (χ0n) is 17.2. The van der Waals surface area contributed by atoms with E-state index in [2.05, 4.69) is 0 Å². The lowest BCUT2D eigenvalue weighted by atomic mass is 9.52. The number of aromatic hydroxyl groups is 1. The summed E-state index contributed by atoms with van der Waals surface area (Å²) in [5.74, 6) is -3.58. The lowest BCUT2D eigenvalue weighted by molar-refractivity contribution is -0.167. The van der Waals surface area contributed by atoms with Gasteiger partial charge in [-0.25, -0.2) is 4.90 Å². The van der Waals surface area contributed by atoms with Gasteiger partial charge in [0.25, 0.3) is 0 Å². The van der Waals surface area contributed by atoms with E-state index in [1.54, 1.807) is 18.2 Å². The van der Waals surface area contributed by atoms with Gasteiger partial charge >= 0.3 is 5.97 Å².